The van der Waals surface area contributed by atoms with Crippen LogP contribution >= 0.6 is 23.7 Å². The fraction of sp³-hybridized carbons (Fsp3) is 0.750. The topological polar surface area (TPSA) is 37.4 Å². The van der Waals surface area contributed by atoms with Crippen LogP contribution in [0.3, 0.4) is 0 Å². The van der Waals surface area contributed by atoms with Crippen LogP contribution in [0.4, 0.5) is 0 Å². The molecular weight excluding hydrogens is 206 g/mol. The van der Waals surface area contributed by atoms with Gasteiger partial charge in [0.15, 0.2) is 0 Å². The van der Waals surface area contributed by atoms with E-state index in [9.17, 15) is 9.59 Å². The number of carbonyl (C=O) groups excluding carboxylic acids is 2. The Hall–Kier alpha value is -0.160. The van der Waals surface area contributed by atoms with Crippen LogP contribution in [0.15, 0.2) is 0 Å². The van der Waals surface area contributed by atoms with Crippen molar-refractivity contribution >= 4 is 35.5 Å². The lowest BCUT2D eigenvalue weighted by atomic mass is 10.4. The van der Waals surface area contributed by atoms with Gasteiger partial charge in [-0.3, -0.25) is 9.59 Å². The summed E-state index contributed by atoms with van der Waals surface area (Å²) in [5.41, 5.74) is 0. The van der Waals surface area contributed by atoms with E-state index in [0.717, 1.165) is 0 Å². The predicted molar refractivity (Wildman–Crippen MR) is 56.5 cm³/mol. The van der Waals surface area contributed by atoms with E-state index in [0.29, 0.717) is 11.7 Å². The van der Waals surface area contributed by atoms with Gasteiger partial charge in [-0.1, -0.05) is 13.8 Å². The monoisotopic (exact) mass is 219 g/mol. The number of hydrogen-bond acceptors (Lipinski definition) is 4. The zero-order valence-electron chi connectivity index (χ0n) is 7.94. The zero-order chi connectivity index (χ0) is 10.0. The van der Waals surface area contributed by atoms with Crippen LogP contribution in [0.2, 0.25) is 0 Å². The Morgan fingerprint density at radius 1 is 1.46 bits per heavy atom. The summed E-state index contributed by atoms with van der Waals surface area (Å²) in [6.45, 7) is 4.06. The SMILES string of the molecule is CSN1C(=O)CC(SC(C)C)C1=O. The zero-order valence-corrected chi connectivity index (χ0v) is 9.58. The van der Waals surface area contributed by atoms with Gasteiger partial charge in [-0.15, -0.1) is 11.8 Å². The first-order chi connectivity index (χ1) is 6.06. The van der Waals surface area contributed by atoms with Crippen molar-refractivity contribution < 1.29 is 9.59 Å². The Morgan fingerprint density at radius 2 is 2.08 bits per heavy atom. The van der Waals surface area contributed by atoms with Gasteiger partial charge in [-0.25, -0.2) is 4.31 Å². The maximum Gasteiger partial charge on any atom is 0.253 e. The normalized spacial score (nSPS) is 23.4. The molecule has 1 saturated heterocycles. The van der Waals surface area contributed by atoms with Gasteiger partial charge in [-0.2, -0.15) is 0 Å². The summed E-state index contributed by atoms with van der Waals surface area (Å²) in [6.07, 6.45) is 2.11. The number of thioether (sulfide) groups is 1. The van der Waals surface area contributed by atoms with Crippen molar-refractivity contribution in [2.45, 2.75) is 30.8 Å². The lowest BCUT2D eigenvalue weighted by molar-refractivity contribution is -0.131. The lowest BCUT2D eigenvalue weighted by Gasteiger charge is -2.11. The Labute approximate surface area is 86.8 Å². The lowest BCUT2D eigenvalue weighted by Crippen LogP contribution is -2.24. The summed E-state index contributed by atoms with van der Waals surface area (Å²) < 4.78 is 1.26. The molecule has 1 fully saturated rings. The molecule has 1 atom stereocenters. The van der Waals surface area contributed by atoms with Crippen molar-refractivity contribution in [1.82, 2.24) is 4.31 Å². The van der Waals surface area contributed by atoms with Gasteiger partial charge in [0.2, 0.25) is 5.91 Å². The van der Waals surface area contributed by atoms with Crippen molar-refractivity contribution in [1.29, 1.82) is 0 Å². The molecule has 0 bridgehead atoms. The molecule has 0 spiro atoms. The van der Waals surface area contributed by atoms with Crippen molar-refractivity contribution in [3.63, 3.8) is 0 Å². The van der Waals surface area contributed by atoms with E-state index in [1.807, 2.05) is 13.8 Å². The number of carbonyl (C=O) groups is 2. The van der Waals surface area contributed by atoms with Crippen molar-refractivity contribution in [2.75, 3.05) is 6.26 Å². The largest absolute Gasteiger partial charge is 0.273 e. The van der Waals surface area contributed by atoms with Gasteiger partial charge in [0.05, 0.1) is 5.25 Å². The van der Waals surface area contributed by atoms with Gasteiger partial charge < -0.3 is 0 Å². The summed E-state index contributed by atoms with van der Waals surface area (Å²) in [5.74, 6) is -0.105. The quantitative estimate of drug-likeness (QED) is 0.533. The molecule has 0 aromatic rings. The molecule has 3 nitrogen and oxygen atoms in total. The third-order valence-corrected chi connectivity index (χ3v) is 3.67. The van der Waals surface area contributed by atoms with Gasteiger partial charge in [0.1, 0.15) is 0 Å². The maximum atomic E-state index is 11.5. The summed E-state index contributed by atoms with van der Waals surface area (Å²) >= 11 is 2.77. The van der Waals surface area contributed by atoms with E-state index in [-0.39, 0.29) is 17.1 Å². The van der Waals surface area contributed by atoms with E-state index in [1.54, 1.807) is 18.0 Å². The molecule has 0 saturated carbocycles. The Morgan fingerprint density at radius 3 is 2.46 bits per heavy atom. The second kappa shape index (κ2) is 4.37. The minimum absolute atomic E-state index is 0.0452. The van der Waals surface area contributed by atoms with Gasteiger partial charge in [-0.05, 0) is 17.2 Å². The highest BCUT2D eigenvalue weighted by molar-refractivity contribution is 8.01. The highest BCUT2D eigenvalue weighted by Crippen LogP contribution is 2.30. The van der Waals surface area contributed by atoms with Crippen LogP contribution in [0.5, 0.6) is 0 Å². The predicted octanol–water partition coefficient (Wildman–Crippen LogP) is 1.53. The van der Waals surface area contributed by atoms with Gasteiger partial charge in [0, 0.05) is 12.7 Å². The molecule has 1 unspecified atom stereocenters. The first-order valence-electron chi connectivity index (χ1n) is 4.12. The molecule has 5 heteroatoms. The molecule has 1 heterocycles. The third kappa shape index (κ3) is 2.40. The molecule has 1 aliphatic heterocycles. The van der Waals surface area contributed by atoms with Crippen LogP contribution in [0.25, 0.3) is 0 Å². The Bertz CT molecular complexity index is 230. The van der Waals surface area contributed by atoms with E-state index in [4.69, 9.17) is 0 Å². The maximum absolute atomic E-state index is 11.5. The van der Waals surface area contributed by atoms with Crippen molar-refractivity contribution in [2.24, 2.45) is 0 Å². The Kier molecular flexibility index (Phi) is 3.67. The molecule has 0 aromatic carbocycles. The molecule has 1 rings (SSSR count). The third-order valence-electron chi connectivity index (χ3n) is 1.68. The second-order valence-electron chi connectivity index (χ2n) is 3.09. The number of rotatable bonds is 3. The molecule has 0 aliphatic carbocycles. The number of amides is 2. The highest BCUT2D eigenvalue weighted by atomic mass is 32.2. The van der Waals surface area contributed by atoms with Crippen LogP contribution in [0, 0.1) is 0 Å². The highest BCUT2D eigenvalue weighted by Gasteiger charge is 2.38. The molecule has 0 radical (unpaired) electrons. The molecule has 1 aliphatic rings. The number of nitrogens with zero attached hydrogens (tertiary/aromatic N) is 1. The minimum atomic E-state index is -0.153. The standard InChI is InChI=1S/C8H13NO2S2/c1-5(2)13-6-4-7(10)9(12-3)8(6)11/h5-6H,4H2,1-3H3. The second-order valence-corrected chi connectivity index (χ2v) is 5.60. The van der Waals surface area contributed by atoms with Crippen LogP contribution < -0.4 is 0 Å². The number of imide groups is 1. The summed E-state index contributed by atoms with van der Waals surface area (Å²) in [5, 5.41) is 0.239. The first kappa shape index (κ1) is 10.9. The molecule has 0 aromatic heterocycles. The average Bonchev–Trinajstić information content (AvgIpc) is 2.26. The van der Waals surface area contributed by atoms with Gasteiger partial charge >= 0.3 is 0 Å². The van der Waals surface area contributed by atoms with Crippen LogP contribution in [-0.2, 0) is 9.59 Å². The van der Waals surface area contributed by atoms with Gasteiger partial charge in [0.25, 0.3) is 5.91 Å². The summed E-state index contributed by atoms with van der Waals surface area (Å²) in [7, 11) is 0. The number of hydrogen-bond donors (Lipinski definition) is 0. The van der Waals surface area contributed by atoms with E-state index >= 15 is 0 Å². The Balaban J connectivity index is 2.62. The van der Waals surface area contributed by atoms with E-state index in [2.05, 4.69) is 0 Å². The molecular formula is C8H13NO2S2. The average molecular weight is 219 g/mol. The van der Waals surface area contributed by atoms with E-state index < -0.39 is 0 Å². The van der Waals surface area contributed by atoms with Crippen LogP contribution in [-0.4, -0.2) is 32.9 Å². The fourth-order valence-electron chi connectivity index (χ4n) is 1.21. The minimum Gasteiger partial charge on any atom is -0.273 e. The summed E-state index contributed by atoms with van der Waals surface area (Å²) in [4.78, 5) is 22.8. The molecule has 2 amide bonds. The smallest absolute Gasteiger partial charge is 0.253 e. The first-order valence-corrected chi connectivity index (χ1v) is 6.25. The molecule has 74 valence electrons. The van der Waals surface area contributed by atoms with Crippen LogP contribution in [0.1, 0.15) is 20.3 Å². The molecule has 13 heavy (non-hydrogen) atoms. The van der Waals surface area contributed by atoms with Crippen molar-refractivity contribution in [3.8, 4) is 0 Å². The van der Waals surface area contributed by atoms with E-state index in [1.165, 1.54) is 16.3 Å². The summed E-state index contributed by atoms with van der Waals surface area (Å²) in [6, 6.07) is 0. The van der Waals surface area contributed by atoms with Crippen molar-refractivity contribution in [3.05, 3.63) is 0 Å². The fourth-order valence-corrected chi connectivity index (χ4v) is 2.98. The molecule has 0 N–H and O–H groups in total.